The van der Waals surface area contributed by atoms with Gasteiger partial charge in [0, 0.05) is 17.6 Å². The molecule has 1 rings (SSSR count). The summed E-state index contributed by atoms with van der Waals surface area (Å²) in [5, 5.41) is 4.26. The van der Waals surface area contributed by atoms with E-state index in [9.17, 15) is 0 Å². The summed E-state index contributed by atoms with van der Waals surface area (Å²) < 4.78 is 0. The molecule has 0 saturated carbocycles. The molecule has 0 aliphatic carbocycles. The lowest BCUT2D eigenvalue weighted by molar-refractivity contribution is 0.479. The smallest absolute Gasteiger partial charge is 0.0445 e. The van der Waals surface area contributed by atoms with Crippen molar-refractivity contribution < 1.29 is 0 Å². The van der Waals surface area contributed by atoms with Crippen LogP contribution in [0.25, 0.3) is 0 Å². The normalized spacial score (nSPS) is 13.1. The van der Waals surface area contributed by atoms with Crippen LogP contribution in [-0.2, 0) is 0 Å². The Hall–Kier alpha value is -0.570. The first-order valence-corrected chi connectivity index (χ1v) is 6.12. The highest BCUT2D eigenvalue weighted by molar-refractivity contribution is 6.31. The van der Waals surface area contributed by atoms with Gasteiger partial charge in [0.15, 0.2) is 0 Å². The molecule has 3 N–H and O–H groups in total. The van der Waals surface area contributed by atoms with Crippen LogP contribution in [-0.4, -0.2) is 13.1 Å². The Morgan fingerprint density at radius 3 is 2.56 bits per heavy atom. The molecule has 0 fully saturated rings. The van der Waals surface area contributed by atoms with Crippen molar-refractivity contribution in [3.05, 3.63) is 34.3 Å². The first-order valence-electron chi connectivity index (χ1n) is 5.74. The quantitative estimate of drug-likeness (QED) is 0.831. The van der Waals surface area contributed by atoms with Gasteiger partial charge in [-0.1, -0.05) is 37.6 Å². The molecule has 1 unspecified atom stereocenters. The second-order valence-electron chi connectivity index (χ2n) is 4.60. The Kier molecular flexibility index (Phi) is 5.26. The maximum atomic E-state index is 6.11. The maximum Gasteiger partial charge on any atom is 0.0445 e. The Labute approximate surface area is 103 Å². The van der Waals surface area contributed by atoms with Gasteiger partial charge in [0.2, 0.25) is 0 Å². The van der Waals surface area contributed by atoms with E-state index >= 15 is 0 Å². The fourth-order valence-corrected chi connectivity index (χ4v) is 1.73. The molecule has 0 spiro atoms. The summed E-state index contributed by atoms with van der Waals surface area (Å²) >= 11 is 6.11. The van der Waals surface area contributed by atoms with E-state index in [2.05, 4.69) is 25.2 Å². The summed E-state index contributed by atoms with van der Waals surface area (Å²) in [7, 11) is 0. The van der Waals surface area contributed by atoms with E-state index in [1.807, 2.05) is 19.1 Å². The monoisotopic (exact) mass is 240 g/mol. The average Bonchev–Trinajstić information content (AvgIpc) is 2.23. The van der Waals surface area contributed by atoms with Gasteiger partial charge in [0.1, 0.15) is 0 Å². The van der Waals surface area contributed by atoms with Crippen LogP contribution in [0.5, 0.6) is 0 Å². The van der Waals surface area contributed by atoms with Gasteiger partial charge in [0.05, 0.1) is 0 Å². The zero-order valence-corrected chi connectivity index (χ0v) is 11.0. The number of nitrogens with one attached hydrogen (secondary N) is 1. The standard InChI is InChI=1S/C13H21ClN2/c1-9(2)8-16-13(7-15)11-5-4-10(3)12(14)6-11/h4-6,9,13,16H,7-8,15H2,1-3H3. The van der Waals surface area contributed by atoms with Crippen LogP contribution in [0, 0.1) is 12.8 Å². The van der Waals surface area contributed by atoms with Crippen LogP contribution >= 0.6 is 11.6 Å². The minimum Gasteiger partial charge on any atom is -0.329 e. The number of hydrogen-bond acceptors (Lipinski definition) is 2. The van der Waals surface area contributed by atoms with Crippen LogP contribution in [0.1, 0.15) is 31.0 Å². The molecule has 0 aliphatic rings. The Morgan fingerprint density at radius 1 is 1.38 bits per heavy atom. The van der Waals surface area contributed by atoms with E-state index in [-0.39, 0.29) is 6.04 Å². The van der Waals surface area contributed by atoms with Crippen molar-refractivity contribution in [3.8, 4) is 0 Å². The van der Waals surface area contributed by atoms with Crippen molar-refractivity contribution >= 4 is 11.6 Å². The number of nitrogens with two attached hydrogens (primary N) is 1. The van der Waals surface area contributed by atoms with Crippen molar-refractivity contribution in [2.24, 2.45) is 11.7 Å². The van der Waals surface area contributed by atoms with Crippen LogP contribution < -0.4 is 11.1 Å². The third kappa shape index (κ3) is 3.78. The topological polar surface area (TPSA) is 38.0 Å². The molecule has 0 aliphatic heterocycles. The third-order valence-electron chi connectivity index (χ3n) is 2.61. The van der Waals surface area contributed by atoms with Crippen LogP contribution in [0.4, 0.5) is 0 Å². The lowest BCUT2D eigenvalue weighted by atomic mass is 10.0. The first-order chi connectivity index (χ1) is 7.54. The summed E-state index contributed by atoms with van der Waals surface area (Å²) in [6, 6.07) is 6.33. The second kappa shape index (κ2) is 6.24. The van der Waals surface area contributed by atoms with E-state index in [0.29, 0.717) is 12.5 Å². The summed E-state index contributed by atoms with van der Waals surface area (Å²) in [6.07, 6.45) is 0. The maximum absolute atomic E-state index is 6.11. The predicted molar refractivity (Wildman–Crippen MR) is 70.8 cm³/mol. The molecule has 2 nitrogen and oxygen atoms in total. The Balaban J connectivity index is 2.74. The minimum absolute atomic E-state index is 0.195. The third-order valence-corrected chi connectivity index (χ3v) is 3.01. The molecule has 0 amide bonds. The van der Waals surface area contributed by atoms with E-state index in [1.165, 1.54) is 5.56 Å². The average molecular weight is 241 g/mol. The molecule has 0 bridgehead atoms. The highest BCUT2D eigenvalue weighted by Gasteiger charge is 2.10. The molecule has 0 saturated heterocycles. The molecule has 3 heteroatoms. The van der Waals surface area contributed by atoms with Gasteiger partial charge < -0.3 is 11.1 Å². The van der Waals surface area contributed by atoms with E-state index in [1.54, 1.807) is 0 Å². The Morgan fingerprint density at radius 2 is 2.06 bits per heavy atom. The molecule has 0 aromatic heterocycles. The number of aryl methyl sites for hydroxylation is 1. The van der Waals surface area contributed by atoms with Gasteiger partial charge in [-0.05, 0) is 36.6 Å². The zero-order chi connectivity index (χ0) is 12.1. The second-order valence-corrected chi connectivity index (χ2v) is 5.01. The summed E-state index contributed by atoms with van der Waals surface area (Å²) in [6.45, 7) is 7.93. The molecule has 1 atom stereocenters. The van der Waals surface area contributed by atoms with E-state index in [4.69, 9.17) is 17.3 Å². The van der Waals surface area contributed by atoms with Gasteiger partial charge >= 0.3 is 0 Å². The largest absolute Gasteiger partial charge is 0.329 e. The molecule has 0 radical (unpaired) electrons. The number of halogens is 1. The number of benzene rings is 1. The van der Waals surface area contributed by atoms with Crippen LogP contribution in [0.3, 0.4) is 0 Å². The summed E-state index contributed by atoms with van der Waals surface area (Å²) in [5.41, 5.74) is 8.04. The van der Waals surface area contributed by atoms with Gasteiger partial charge in [0.25, 0.3) is 0 Å². The number of hydrogen-bond donors (Lipinski definition) is 2. The lowest BCUT2D eigenvalue weighted by Crippen LogP contribution is -2.30. The molecular formula is C13H21ClN2. The van der Waals surface area contributed by atoms with Gasteiger partial charge in [-0.25, -0.2) is 0 Å². The van der Waals surface area contributed by atoms with Crippen molar-refractivity contribution in [2.45, 2.75) is 26.8 Å². The van der Waals surface area contributed by atoms with Crippen molar-refractivity contribution in [1.29, 1.82) is 0 Å². The molecule has 1 aromatic rings. The van der Waals surface area contributed by atoms with Crippen molar-refractivity contribution in [2.75, 3.05) is 13.1 Å². The van der Waals surface area contributed by atoms with Crippen LogP contribution in [0.15, 0.2) is 18.2 Å². The Bertz CT molecular complexity index is 337. The fourth-order valence-electron chi connectivity index (χ4n) is 1.54. The zero-order valence-electron chi connectivity index (χ0n) is 10.3. The van der Waals surface area contributed by atoms with Crippen molar-refractivity contribution in [3.63, 3.8) is 0 Å². The molecule has 0 heterocycles. The van der Waals surface area contributed by atoms with E-state index < -0.39 is 0 Å². The summed E-state index contributed by atoms with van der Waals surface area (Å²) in [5.74, 6) is 0.620. The predicted octanol–water partition coefficient (Wildman–Crippen LogP) is 2.89. The first kappa shape index (κ1) is 13.5. The molecule has 1 aromatic carbocycles. The van der Waals surface area contributed by atoms with Gasteiger partial charge in [-0.15, -0.1) is 0 Å². The SMILES string of the molecule is Cc1ccc(C(CN)NCC(C)C)cc1Cl. The minimum atomic E-state index is 0.195. The van der Waals surface area contributed by atoms with Crippen molar-refractivity contribution in [1.82, 2.24) is 5.32 Å². The van der Waals surface area contributed by atoms with Gasteiger partial charge in [-0.2, -0.15) is 0 Å². The van der Waals surface area contributed by atoms with Crippen LogP contribution in [0.2, 0.25) is 5.02 Å². The number of rotatable bonds is 5. The fraction of sp³-hybridized carbons (Fsp3) is 0.538. The summed E-state index contributed by atoms with van der Waals surface area (Å²) in [4.78, 5) is 0. The molecule has 16 heavy (non-hydrogen) atoms. The van der Waals surface area contributed by atoms with E-state index in [0.717, 1.165) is 17.1 Å². The highest BCUT2D eigenvalue weighted by atomic mass is 35.5. The molecule has 90 valence electrons. The van der Waals surface area contributed by atoms with Gasteiger partial charge in [-0.3, -0.25) is 0 Å². The highest BCUT2D eigenvalue weighted by Crippen LogP contribution is 2.21. The molecular weight excluding hydrogens is 220 g/mol. The lowest BCUT2D eigenvalue weighted by Gasteiger charge is -2.19.